The first kappa shape index (κ1) is 13.2. The molecule has 1 aromatic carbocycles. The molecule has 0 aliphatic carbocycles. The highest BCUT2D eigenvalue weighted by Crippen LogP contribution is 2.23. The number of aliphatic hydroxyl groups excluding tert-OH is 1. The van der Waals surface area contributed by atoms with Gasteiger partial charge >= 0.3 is 0 Å². The van der Waals surface area contributed by atoms with Crippen LogP contribution in [-0.2, 0) is 5.75 Å². The van der Waals surface area contributed by atoms with E-state index in [2.05, 4.69) is 4.98 Å². The van der Waals surface area contributed by atoms with Gasteiger partial charge in [0, 0.05) is 16.6 Å². The van der Waals surface area contributed by atoms with Crippen molar-refractivity contribution in [2.45, 2.75) is 31.0 Å². The van der Waals surface area contributed by atoms with Crippen LogP contribution in [-0.4, -0.2) is 21.4 Å². The molecule has 1 heterocycles. The zero-order chi connectivity index (χ0) is 13.0. The molecular weight excluding hydrogens is 246 g/mol. The third-order valence-corrected chi connectivity index (χ3v) is 4.13. The van der Waals surface area contributed by atoms with E-state index in [4.69, 9.17) is 4.42 Å². The largest absolute Gasteiger partial charge is 0.444 e. The van der Waals surface area contributed by atoms with Crippen molar-refractivity contribution in [1.29, 1.82) is 0 Å². The number of nitrogens with zero attached hydrogens (tertiary/aromatic N) is 1. The first-order chi connectivity index (χ1) is 8.66. The van der Waals surface area contributed by atoms with Crippen LogP contribution in [0.5, 0.6) is 0 Å². The maximum atomic E-state index is 9.42. The fourth-order valence-electron chi connectivity index (χ4n) is 1.44. The summed E-state index contributed by atoms with van der Waals surface area (Å²) in [5.74, 6) is 1.40. The lowest BCUT2D eigenvalue weighted by atomic mass is 10.2. The Balaban J connectivity index is 1.99. The van der Waals surface area contributed by atoms with Crippen molar-refractivity contribution in [2.75, 3.05) is 0 Å². The third kappa shape index (κ3) is 3.37. The zero-order valence-corrected chi connectivity index (χ0v) is 11.4. The normalized spacial score (nSPS) is 14.4. The van der Waals surface area contributed by atoms with Gasteiger partial charge in [0.05, 0.1) is 11.8 Å². The van der Waals surface area contributed by atoms with E-state index in [0.717, 1.165) is 17.0 Å². The maximum absolute atomic E-state index is 9.42. The minimum absolute atomic E-state index is 0.196. The molecule has 2 rings (SSSR count). The number of benzene rings is 1. The summed E-state index contributed by atoms with van der Waals surface area (Å²) in [4.78, 5) is 4.44. The number of aliphatic hydroxyl groups is 1. The number of aromatic nitrogens is 1. The quantitative estimate of drug-likeness (QED) is 0.898. The van der Waals surface area contributed by atoms with Crippen molar-refractivity contribution in [3.8, 4) is 11.5 Å². The Bertz CT molecular complexity index is 482. The van der Waals surface area contributed by atoms with Gasteiger partial charge in [-0.3, -0.25) is 0 Å². The zero-order valence-electron chi connectivity index (χ0n) is 10.5. The van der Waals surface area contributed by atoms with Gasteiger partial charge < -0.3 is 9.52 Å². The van der Waals surface area contributed by atoms with Crippen LogP contribution >= 0.6 is 11.8 Å². The van der Waals surface area contributed by atoms with Gasteiger partial charge in [0.25, 0.3) is 0 Å². The Kier molecular flexibility index (Phi) is 4.44. The van der Waals surface area contributed by atoms with E-state index in [1.165, 1.54) is 0 Å². The Labute approximate surface area is 111 Å². The molecule has 2 atom stereocenters. The predicted octanol–water partition coefficient (Wildman–Crippen LogP) is 3.34. The van der Waals surface area contributed by atoms with Crippen LogP contribution in [0.3, 0.4) is 0 Å². The van der Waals surface area contributed by atoms with Crippen molar-refractivity contribution in [2.24, 2.45) is 0 Å². The fraction of sp³-hybridized carbons (Fsp3) is 0.357. The molecule has 0 saturated carbocycles. The van der Waals surface area contributed by atoms with Crippen LogP contribution in [0.4, 0.5) is 0 Å². The molecule has 0 bridgehead atoms. The molecule has 0 aliphatic heterocycles. The third-order valence-electron chi connectivity index (χ3n) is 2.75. The smallest absolute Gasteiger partial charge is 0.226 e. The lowest BCUT2D eigenvalue weighted by Crippen LogP contribution is -2.15. The average Bonchev–Trinajstić information content (AvgIpc) is 2.85. The summed E-state index contributed by atoms with van der Waals surface area (Å²) in [7, 11) is 0. The lowest BCUT2D eigenvalue weighted by molar-refractivity contribution is 0.196. The second-order valence-corrected chi connectivity index (χ2v) is 5.63. The van der Waals surface area contributed by atoms with Crippen molar-refractivity contribution >= 4 is 11.8 Å². The average molecular weight is 263 g/mol. The Morgan fingerprint density at radius 2 is 2.00 bits per heavy atom. The van der Waals surface area contributed by atoms with Crippen LogP contribution < -0.4 is 0 Å². The molecule has 0 radical (unpaired) electrons. The summed E-state index contributed by atoms with van der Waals surface area (Å²) >= 11 is 1.67. The molecule has 0 spiro atoms. The summed E-state index contributed by atoms with van der Waals surface area (Å²) in [5.41, 5.74) is 1.89. The first-order valence-corrected chi connectivity index (χ1v) is 7.01. The highest BCUT2D eigenvalue weighted by Gasteiger charge is 2.11. The molecule has 0 amide bonds. The van der Waals surface area contributed by atoms with E-state index in [0.29, 0.717) is 5.89 Å². The minimum Gasteiger partial charge on any atom is -0.444 e. The molecule has 2 unspecified atom stereocenters. The van der Waals surface area contributed by atoms with Crippen LogP contribution in [0.1, 0.15) is 19.5 Å². The van der Waals surface area contributed by atoms with E-state index < -0.39 is 0 Å². The van der Waals surface area contributed by atoms with Crippen LogP contribution in [0.2, 0.25) is 0 Å². The molecule has 4 heteroatoms. The molecule has 96 valence electrons. The molecule has 0 fully saturated rings. The van der Waals surface area contributed by atoms with E-state index in [1.807, 2.05) is 37.3 Å². The summed E-state index contributed by atoms with van der Waals surface area (Å²) in [6.45, 7) is 3.81. The summed E-state index contributed by atoms with van der Waals surface area (Å²) in [6, 6.07) is 9.84. The first-order valence-electron chi connectivity index (χ1n) is 5.96. The Morgan fingerprint density at radius 3 is 2.67 bits per heavy atom. The van der Waals surface area contributed by atoms with Gasteiger partial charge in [0.15, 0.2) is 0 Å². The van der Waals surface area contributed by atoms with Crippen LogP contribution in [0, 0.1) is 0 Å². The number of hydrogen-bond acceptors (Lipinski definition) is 4. The van der Waals surface area contributed by atoms with Crippen molar-refractivity contribution < 1.29 is 9.52 Å². The standard InChI is InChI=1S/C14H17NO2S/c1-10(16)11(2)18-9-13-8-17-14(15-13)12-6-4-3-5-7-12/h3-8,10-11,16H,9H2,1-2H3. The molecular formula is C14H17NO2S. The molecule has 1 N–H and O–H groups in total. The molecule has 18 heavy (non-hydrogen) atoms. The van der Waals surface area contributed by atoms with Gasteiger partial charge in [-0.25, -0.2) is 4.98 Å². The summed E-state index contributed by atoms with van der Waals surface area (Å²) in [5, 5.41) is 9.61. The second-order valence-electron chi connectivity index (χ2n) is 4.27. The summed E-state index contributed by atoms with van der Waals surface area (Å²) in [6.07, 6.45) is 1.37. The summed E-state index contributed by atoms with van der Waals surface area (Å²) < 4.78 is 5.46. The topological polar surface area (TPSA) is 46.3 Å². The number of oxazole rings is 1. The SMILES string of the molecule is CC(O)C(C)SCc1coc(-c2ccccc2)n1. The van der Waals surface area contributed by atoms with Gasteiger partial charge in [-0.2, -0.15) is 0 Å². The van der Waals surface area contributed by atoms with Gasteiger partial charge in [0.2, 0.25) is 5.89 Å². The number of hydrogen-bond donors (Lipinski definition) is 1. The molecule has 1 aromatic heterocycles. The molecule has 0 aliphatic rings. The second kappa shape index (κ2) is 6.07. The monoisotopic (exact) mass is 263 g/mol. The predicted molar refractivity (Wildman–Crippen MR) is 74.4 cm³/mol. The van der Waals surface area contributed by atoms with Crippen LogP contribution in [0.15, 0.2) is 41.0 Å². The van der Waals surface area contributed by atoms with Gasteiger partial charge in [0.1, 0.15) is 6.26 Å². The van der Waals surface area contributed by atoms with E-state index in [1.54, 1.807) is 24.9 Å². The molecule has 2 aromatic rings. The van der Waals surface area contributed by atoms with Gasteiger partial charge in [-0.1, -0.05) is 25.1 Å². The Hall–Kier alpha value is -1.26. The van der Waals surface area contributed by atoms with Crippen LogP contribution in [0.25, 0.3) is 11.5 Å². The number of thioether (sulfide) groups is 1. The highest BCUT2D eigenvalue weighted by atomic mass is 32.2. The minimum atomic E-state index is -0.310. The van der Waals surface area contributed by atoms with Crippen molar-refractivity contribution in [3.63, 3.8) is 0 Å². The Morgan fingerprint density at radius 1 is 1.28 bits per heavy atom. The van der Waals surface area contributed by atoms with Crippen molar-refractivity contribution in [1.82, 2.24) is 4.98 Å². The van der Waals surface area contributed by atoms with Gasteiger partial charge in [-0.15, -0.1) is 11.8 Å². The maximum Gasteiger partial charge on any atom is 0.226 e. The lowest BCUT2D eigenvalue weighted by Gasteiger charge is -2.12. The van der Waals surface area contributed by atoms with E-state index in [9.17, 15) is 5.11 Å². The molecule has 0 saturated heterocycles. The fourth-order valence-corrected chi connectivity index (χ4v) is 2.29. The highest BCUT2D eigenvalue weighted by molar-refractivity contribution is 7.99. The van der Waals surface area contributed by atoms with Crippen molar-refractivity contribution in [3.05, 3.63) is 42.3 Å². The van der Waals surface area contributed by atoms with E-state index >= 15 is 0 Å². The van der Waals surface area contributed by atoms with Gasteiger partial charge in [-0.05, 0) is 19.1 Å². The van der Waals surface area contributed by atoms with E-state index in [-0.39, 0.29) is 11.4 Å². The number of rotatable bonds is 5. The molecule has 3 nitrogen and oxygen atoms in total.